The molecule has 156 valence electrons. The quantitative estimate of drug-likeness (QED) is 0.754. The minimum Gasteiger partial charge on any atom is -0.486 e. The second-order valence-electron chi connectivity index (χ2n) is 7.48. The predicted molar refractivity (Wildman–Crippen MR) is 105 cm³/mol. The number of fused-ring (bicyclic) bond motifs is 2. The lowest BCUT2D eigenvalue weighted by atomic mass is 9.87. The summed E-state index contributed by atoms with van der Waals surface area (Å²) in [7, 11) is -3.73. The van der Waals surface area contributed by atoms with Gasteiger partial charge < -0.3 is 14.2 Å². The zero-order chi connectivity index (χ0) is 23.6. The first-order valence-electron chi connectivity index (χ1n) is 11.7. The molecule has 0 saturated carbocycles. The van der Waals surface area contributed by atoms with Gasteiger partial charge in [-0.25, -0.2) is 13.1 Å². The van der Waals surface area contributed by atoms with E-state index < -0.39 is 23.1 Å². The molecule has 2 aromatic rings. The van der Waals surface area contributed by atoms with Crippen LogP contribution in [0.25, 0.3) is 0 Å². The highest BCUT2D eigenvalue weighted by Crippen LogP contribution is 2.40. The van der Waals surface area contributed by atoms with Crippen molar-refractivity contribution in [3.63, 3.8) is 0 Å². The van der Waals surface area contributed by atoms with Gasteiger partial charge in [-0.15, -0.1) is 0 Å². The molecule has 9 heteroatoms. The number of rotatable bonds is 3. The molecule has 0 atom stereocenters. The summed E-state index contributed by atoms with van der Waals surface area (Å²) in [5, 5.41) is 4.16. The molecule has 3 aliphatic rings. The summed E-state index contributed by atoms with van der Waals surface area (Å²) in [5.41, 5.74) is 1.77. The highest BCUT2D eigenvalue weighted by molar-refractivity contribution is 7.89. The van der Waals surface area contributed by atoms with Crippen molar-refractivity contribution in [3.8, 4) is 17.4 Å². The van der Waals surface area contributed by atoms with E-state index in [1.165, 1.54) is 10.5 Å². The van der Waals surface area contributed by atoms with Crippen LogP contribution in [0.2, 0.25) is 0 Å². The zero-order valence-electron chi connectivity index (χ0n) is 20.1. The van der Waals surface area contributed by atoms with E-state index in [-0.39, 0.29) is 22.3 Å². The first kappa shape index (κ1) is 14.7. The van der Waals surface area contributed by atoms with Crippen LogP contribution in [-0.4, -0.2) is 55.3 Å². The maximum absolute atomic E-state index is 13.2. The summed E-state index contributed by atoms with van der Waals surface area (Å²) in [6, 6.07) is 3.34. The Morgan fingerprint density at radius 2 is 1.83 bits per heavy atom. The summed E-state index contributed by atoms with van der Waals surface area (Å²) in [4.78, 5) is 0.104. The zero-order valence-corrected chi connectivity index (χ0v) is 16.9. The van der Waals surface area contributed by atoms with Gasteiger partial charge in [-0.05, 0) is 48.9 Å². The van der Waals surface area contributed by atoms with Crippen LogP contribution in [0, 0.1) is 6.92 Å². The van der Waals surface area contributed by atoms with E-state index in [9.17, 15) is 8.42 Å². The van der Waals surface area contributed by atoms with Crippen LogP contribution in [0.4, 0.5) is 0 Å². The van der Waals surface area contributed by atoms with Crippen LogP contribution in [0.5, 0.6) is 17.4 Å². The number of aromatic nitrogens is 2. The topological polar surface area (TPSA) is 82.9 Å². The van der Waals surface area contributed by atoms with Gasteiger partial charge in [-0.2, -0.15) is 9.40 Å². The monoisotopic (exact) mass is 423 g/mol. The number of aryl methyl sites for hydroxylation is 2. The molecule has 5 rings (SSSR count). The third kappa shape index (κ3) is 3.26. The first-order chi connectivity index (χ1) is 15.5. The lowest BCUT2D eigenvalue weighted by Crippen LogP contribution is -2.38. The molecular formula is C20H25N3O5S. The molecule has 29 heavy (non-hydrogen) atoms. The summed E-state index contributed by atoms with van der Waals surface area (Å²) in [6.07, 6.45) is 3.32. The molecule has 0 unspecified atom stereocenters. The van der Waals surface area contributed by atoms with E-state index in [1.807, 2.05) is 6.92 Å². The number of benzene rings is 1. The summed E-state index contributed by atoms with van der Waals surface area (Å²) >= 11 is 0. The third-order valence-electron chi connectivity index (χ3n) is 5.72. The standard InChI is InChI=1S/C20H25N3O5S/c1-14-11-17-18(27-10-9-26-17)12-16(14)15-3-6-22(7-4-15)29(24,25)19-13-21-23-5-2-8-28-20(19)23/h11-13,15H,2-10H2,1H3/i9D2,10D2. The molecule has 0 aliphatic carbocycles. The highest BCUT2D eigenvalue weighted by atomic mass is 32.2. The van der Waals surface area contributed by atoms with Gasteiger partial charge in [0.15, 0.2) is 16.4 Å². The van der Waals surface area contributed by atoms with Crippen LogP contribution >= 0.6 is 0 Å². The van der Waals surface area contributed by atoms with Crippen molar-refractivity contribution in [2.75, 3.05) is 32.8 Å². The Balaban J connectivity index is 1.34. The Morgan fingerprint density at radius 3 is 2.59 bits per heavy atom. The summed E-state index contributed by atoms with van der Waals surface area (Å²) in [5.74, 6) is 0.657. The number of ether oxygens (including phenoxy) is 3. The van der Waals surface area contributed by atoms with E-state index in [1.54, 1.807) is 16.8 Å². The molecule has 1 aromatic heterocycles. The second-order valence-corrected chi connectivity index (χ2v) is 9.39. The Hall–Kier alpha value is -2.26. The molecule has 8 nitrogen and oxygen atoms in total. The van der Waals surface area contributed by atoms with Gasteiger partial charge in [0.1, 0.15) is 13.1 Å². The van der Waals surface area contributed by atoms with E-state index >= 15 is 0 Å². The smallest absolute Gasteiger partial charge is 0.250 e. The van der Waals surface area contributed by atoms with Gasteiger partial charge in [0.05, 0.1) is 18.3 Å². The van der Waals surface area contributed by atoms with Crippen LogP contribution in [-0.2, 0) is 16.6 Å². The van der Waals surface area contributed by atoms with Gasteiger partial charge >= 0.3 is 0 Å². The molecule has 0 bridgehead atoms. The lowest BCUT2D eigenvalue weighted by Gasteiger charge is -2.32. The fourth-order valence-corrected chi connectivity index (χ4v) is 5.73. The molecule has 0 N–H and O–H groups in total. The van der Waals surface area contributed by atoms with Crippen LogP contribution in [0.1, 0.15) is 41.8 Å². The molecule has 0 amide bonds. The molecular weight excluding hydrogens is 394 g/mol. The number of piperidine rings is 1. The minimum absolute atomic E-state index is 0.0484. The van der Waals surface area contributed by atoms with E-state index in [0.29, 0.717) is 45.0 Å². The van der Waals surface area contributed by atoms with Crippen molar-refractivity contribution < 1.29 is 28.1 Å². The van der Waals surface area contributed by atoms with Gasteiger partial charge in [-0.1, -0.05) is 0 Å². The fourth-order valence-electron chi connectivity index (χ4n) is 4.20. The predicted octanol–water partition coefficient (Wildman–Crippen LogP) is 2.31. The van der Waals surface area contributed by atoms with Crippen LogP contribution in [0.3, 0.4) is 0 Å². The summed E-state index contributed by atoms with van der Waals surface area (Å²) in [6.45, 7) is -1.60. The Kier molecular flexibility index (Phi) is 3.65. The molecule has 4 heterocycles. The molecule has 3 aliphatic heterocycles. The maximum Gasteiger partial charge on any atom is 0.250 e. The van der Waals surface area contributed by atoms with Gasteiger partial charge in [-0.3, -0.25) is 0 Å². The van der Waals surface area contributed by atoms with Crippen molar-refractivity contribution in [2.45, 2.75) is 43.5 Å². The van der Waals surface area contributed by atoms with Crippen LogP contribution in [0.15, 0.2) is 23.2 Å². The molecule has 0 radical (unpaired) electrons. The average Bonchev–Trinajstić information content (AvgIpc) is 3.19. The molecule has 1 fully saturated rings. The second kappa shape index (κ2) is 7.21. The number of sulfonamides is 1. The SMILES string of the molecule is [2H]C1([2H])Oc2cc(C)c(C3CCN(S(=O)(=O)c4cnn5c4OCCC5)CC3)cc2OC1([2H])[2H]. The Labute approximate surface area is 176 Å². The van der Waals surface area contributed by atoms with Crippen molar-refractivity contribution in [1.82, 2.24) is 14.1 Å². The van der Waals surface area contributed by atoms with Crippen molar-refractivity contribution in [3.05, 3.63) is 29.5 Å². The van der Waals surface area contributed by atoms with Crippen molar-refractivity contribution in [2.24, 2.45) is 0 Å². The largest absolute Gasteiger partial charge is 0.486 e. The molecule has 1 saturated heterocycles. The number of hydrogen-bond donors (Lipinski definition) is 0. The maximum atomic E-state index is 13.2. The normalized spacial score (nSPS) is 25.7. The van der Waals surface area contributed by atoms with Gasteiger partial charge in [0, 0.05) is 26.1 Å². The van der Waals surface area contributed by atoms with Crippen molar-refractivity contribution in [1.29, 1.82) is 0 Å². The Morgan fingerprint density at radius 1 is 1.10 bits per heavy atom. The average molecular weight is 424 g/mol. The minimum atomic E-state index is -3.73. The van der Waals surface area contributed by atoms with Crippen molar-refractivity contribution >= 4 is 10.0 Å². The fraction of sp³-hybridized carbons (Fsp3) is 0.550. The third-order valence-corrected chi connectivity index (χ3v) is 7.60. The van der Waals surface area contributed by atoms with Gasteiger partial charge in [0.2, 0.25) is 15.9 Å². The number of nitrogens with zero attached hydrogens (tertiary/aromatic N) is 3. The number of hydrogen-bond acceptors (Lipinski definition) is 6. The Bertz CT molecular complexity index is 1190. The molecule has 0 spiro atoms. The van der Waals surface area contributed by atoms with E-state index in [4.69, 9.17) is 19.7 Å². The van der Waals surface area contributed by atoms with E-state index in [2.05, 4.69) is 5.10 Å². The van der Waals surface area contributed by atoms with E-state index in [0.717, 1.165) is 17.5 Å². The van der Waals surface area contributed by atoms with Crippen LogP contribution < -0.4 is 14.2 Å². The van der Waals surface area contributed by atoms with Gasteiger partial charge in [0.25, 0.3) is 0 Å². The first-order valence-corrected chi connectivity index (χ1v) is 11.1. The lowest BCUT2D eigenvalue weighted by molar-refractivity contribution is 0.171. The molecule has 1 aromatic carbocycles. The highest BCUT2D eigenvalue weighted by Gasteiger charge is 2.35. The summed E-state index contributed by atoms with van der Waals surface area (Å²) < 4.78 is 76.7.